The van der Waals surface area contributed by atoms with Crippen molar-refractivity contribution in [2.45, 2.75) is 75.6 Å². The van der Waals surface area contributed by atoms with Crippen LogP contribution in [-0.2, 0) is 4.74 Å². The lowest BCUT2D eigenvalue weighted by molar-refractivity contribution is -0.143. The first kappa shape index (κ1) is 15.1. The van der Waals surface area contributed by atoms with E-state index in [1.165, 1.54) is 19.3 Å². The lowest BCUT2D eigenvalue weighted by atomic mass is 9.84. The summed E-state index contributed by atoms with van der Waals surface area (Å²) in [6, 6.07) is 0.623. The van der Waals surface area contributed by atoms with Crippen LogP contribution in [-0.4, -0.2) is 31.0 Å². The van der Waals surface area contributed by atoms with E-state index in [2.05, 4.69) is 5.32 Å². The molecule has 0 aromatic heterocycles. The van der Waals surface area contributed by atoms with Crippen LogP contribution in [0.15, 0.2) is 0 Å². The Balaban J connectivity index is 1.72. The highest BCUT2D eigenvalue weighted by atomic mass is 19.4. The standard InChI is InChI=1S/C14H24F3NO/c15-14(16,17)9-4-10-19-13(7-2-1-3-8-13)11-18-12-5-6-12/h12,18H,1-11H2. The second kappa shape index (κ2) is 6.44. The minimum absolute atomic E-state index is 0.0781. The van der Waals surface area contributed by atoms with E-state index in [1.807, 2.05) is 0 Å². The summed E-state index contributed by atoms with van der Waals surface area (Å²) in [5, 5.41) is 3.48. The summed E-state index contributed by atoms with van der Waals surface area (Å²) in [7, 11) is 0. The van der Waals surface area contributed by atoms with E-state index in [0.29, 0.717) is 6.04 Å². The molecule has 0 heterocycles. The lowest BCUT2D eigenvalue weighted by Crippen LogP contribution is -2.45. The second-order valence-electron chi connectivity index (χ2n) is 5.97. The zero-order chi connectivity index (χ0) is 13.8. The third kappa shape index (κ3) is 5.69. The summed E-state index contributed by atoms with van der Waals surface area (Å²) < 4.78 is 42.2. The molecule has 0 unspecified atom stereocenters. The van der Waals surface area contributed by atoms with Gasteiger partial charge in [-0.2, -0.15) is 13.2 Å². The number of nitrogens with one attached hydrogen (secondary N) is 1. The SMILES string of the molecule is FC(F)(F)CCCOC1(CNC2CC2)CCCCC1. The average Bonchev–Trinajstić information content (AvgIpc) is 3.17. The fourth-order valence-electron chi connectivity index (χ4n) is 2.75. The highest BCUT2D eigenvalue weighted by Crippen LogP contribution is 2.33. The third-order valence-corrected chi connectivity index (χ3v) is 4.07. The molecule has 0 saturated heterocycles. The van der Waals surface area contributed by atoms with Crippen molar-refractivity contribution in [3.8, 4) is 0 Å². The van der Waals surface area contributed by atoms with Gasteiger partial charge < -0.3 is 10.1 Å². The predicted molar refractivity (Wildman–Crippen MR) is 68.1 cm³/mol. The van der Waals surface area contributed by atoms with E-state index in [0.717, 1.165) is 32.2 Å². The summed E-state index contributed by atoms with van der Waals surface area (Å²) in [4.78, 5) is 0. The van der Waals surface area contributed by atoms with E-state index < -0.39 is 12.6 Å². The van der Waals surface area contributed by atoms with Crippen molar-refractivity contribution in [2.75, 3.05) is 13.2 Å². The fraction of sp³-hybridized carbons (Fsp3) is 1.00. The van der Waals surface area contributed by atoms with Crippen molar-refractivity contribution >= 4 is 0 Å². The van der Waals surface area contributed by atoms with Crippen LogP contribution in [0, 0.1) is 0 Å². The summed E-state index contributed by atoms with van der Waals surface area (Å²) in [6.45, 7) is 1.04. The Bertz CT molecular complexity index is 270. The number of halogens is 3. The fourth-order valence-corrected chi connectivity index (χ4v) is 2.75. The molecule has 1 N–H and O–H groups in total. The second-order valence-corrected chi connectivity index (χ2v) is 5.97. The van der Waals surface area contributed by atoms with Crippen molar-refractivity contribution in [2.24, 2.45) is 0 Å². The Morgan fingerprint density at radius 2 is 1.79 bits per heavy atom. The van der Waals surface area contributed by atoms with Crippen LogP contribution in [0.5, 0.6) is 0 Å². The molecule has 0 aromatic rings. The molecule has 2 aliphatic rings. The van der Waals surface area contributed by atoms with Crippen LogP contribution >= 0.6 is 0 Å². The molecule has 0 radical (unpaired) electrons. The van der Waals surface area contributed by atoms with Crippen molar-refractivity contribution in [1.29, 1.82) is 0 Å². The average molecular weight is 279 g/mol. The van der Waals surface area contributed by atoms with Crippen molar-refractivity contribution in [3.05, 3.63) is 0 Å². The van der Waals surface area contributed by atoms with E-state index in [4.69, 9.17) is 4.74 Å². The van der Waals surface area contributed by atoms with Gasteiger partial charge in [-0.25, -0.2) is 0 Å². The molecular formula is C14H24F3NO. The van der Waals surface area contributed by atoms with Crippen LogP contribution < -0.4 is 5.32 Å². The van der Waals surface area contributed by atoms with Crippen LogP contribution in [0.4, 0.5) is 13.2 Å². The number of rotatable bonds is 7. The summed E-state index contributed by atoms with van der Waals surface area (Å²) in [5.74, 6) is 0. The zero-order valence-corrected chi connectivity index (χ0v) is 11.4. The minimum atomic E-state index is -4.06. The van der Waals surface area contributed by atoms with Gasteiger partial charge in [0.05, 0.1) is 5.60 Å². The first-order chi connectivity index (χ1) is 8.99. The molecule has 2 rings (SSSR count). The van der Waals surface area contributed by atoms with Crippen molar-refractivity contribution in [3.63, 3.8) is 0 Å². The van der Waals surface area contributed by atoms with Crippen LogP contribution in [0.2, 0.25) is 0 Å². The Morgan fingerprint density at radius 3 is 2.37 bits per heavy atom. The molecule has 19 heavy (non-hydrogen) atoms. The highest BCUT2D eigenvalue weighted by molar-refractivity contribution is 4.91. The Labute approximate surface area is 113 Å². The monoisotopic (exact) mass is 279 g/mol. The summed E-state index contributed by atoms with van der Waals surface area (Å²) in [6.07, 6.45) is 3.18. The molecule has 0 bridgehead atoms. The maximum Gasteiger partial charge on any atom is 0.389 e. The third-order valence-electron chi connectivity index (χ3n) is 4.07. The van der Waals surface area contributed by atoms with Gasteiger partial charge in [0.15, 0.2) is 0 Å². The molecule has 5 heteroatoms. The van der Waals surface area contributed by atoms with E-state index in [-0.39, 0.29) is 18.6 Å². The lowest BCUT2D eigenvalue weighted by Gasteiger charge is -2.37. The van der Waals surface area contributed by atoms with Crippen LogP contribution in [0.3, 0.4) is 0 Å². The largest absolute Gasteiger partial charge is 0.389 e. The van der Waals surface area contributed by atoms with Gasteiger partial charge in [-0.1, -0.05) is 19.3 Å². The molecule has 0 amide bonds. The van der Waals surface area contributed by atoms with Crippen molar-refractivity contribution < 1.29 is 17.9 Å². The number of hydrogen-bond acceptors (Lipinski definition) is 2. The van der Waals surface area contributed by atoms with Crippen molar-refractivity contribution in [1.82, 2.24) is 5.32 Å². The highest BCUT2D eigenvalue weighted by Gasteiger charge is 2.35. The predicted octanol–water partition coefficient (Wildman–Crippen LogP) is 3.80. The minimum Gasteiger partial charge on any atom is -0.374 e. The maximum atomic E-state index is 12.1. The first-order valence-corrected chi connectivity index (χ1v) is 7.43. The number of alkyl halides is 3. The number of ether oxygens (including phenoxy) is 1. The van der Waals surface area contributed by atoms with Gasteiger partial charge in [0.1, 0.15) is 0 Å². The molecule has 2 fully saturated rings. The molecular weight excluding hydrogens is 255 g/mol. The Kier molecular flexibility index (Phi) is 5.12. The van der Waals surface area contributed by atoms with Gasteiger partial charge in [-0.05, 0) is 32.1 Å². The first-order valence-electron chi connectivity index (χ1n) is 7.43. The van der Waals surface area contributed by atoms with E-state index >= 15 is 0 Å². The van der Waals surface area contributed by atoms with Gasteiger partial charge in [0.25, 0.3) is 0 Å². The van der Waals surface area contributed by atoms with E-state index in [1.54, 1.807) is 0 Å². The van der Waals surface area contributed by atoms with Gasteiger partial charge in [-0.15, -0.1) is 0 Å². The molecule has 2 nitrogen and oxygen atoms in total. The van der Waals surface area contributed by atoms with Crippen LogP contribution in [0.25, 0.3) is 0 Å². The van der Waals surface area contributed by atoms with Gasteiger partial charge >= 0.3 is 6.18 Å². The van der Waals surface area contributed by atoms with Gasteiger partial charge in [0, 0.05) is 25.6 Å². The van der Waals surface area contributed by atoms with Gasteiger partial charge in [-0.3, -0.25) is 0 Å². The Morgan fingerprint density at radius 1 is 1.11 bits per heavy atom. The maximum absolute atomic E-state index is 12.1. The van der Waals surface area contributed by atoms with Gasteiger partial charge in [0.2, 0.25) is 0 Å². The molecule has 2 aliphatic carbocycles. The molecule has 2 saturated carbocycles. The quantitative estimate of drug-likeness (QED) is 0.716. The molecule has 0 spiro atoms. The number of hydrogen-bond donors (Lipinski definition) is 1. The molecule has 112 valence electrons. The zero-order valence-electron chi connectivity index (χ0n) is 11.4. The normalized spacial score (nSPS) is 23.5. The molecule has 0 aromatic carbocycles. The molecule has 0 aliphatic heterocycles. The summed E-state index contributed by atoms with van der Waals surface area (Å²) in [5.41, 5.74) is -0.202. The smallest absolute Gasteiger partial charge is 0.374 e. The van der Waals surface area contributed by atoms with E-state index in [9.17, 15) is 13.2 Å². The topological polar surface area (TPSA) is 21.3 Å². The van der Waals surface area contributed by atoms with Crippen LogP contribution in [0.1, 0.15) is 57.8 Å². The molecule has 0 atom stereocenters. The Hall–Kier alpha value is -0.290. The summed E-state index contributed by atoms with van der Waals surface area (Å²) >= 11 is 0.